The van der Waals surface area contributed by atoms with Gasteiger partial charge in [-0.1, -0.05) is 79.7 Å². The van der Waals surface area contributed by atoms with Gasteiger partial charge in [-0.05, 0) is 29.7 Å². The summed E-state index contributed by atoms with van der Waals surface area (Å²) in [5.41, 5.74) is 3.65. The van der Waals surface area contributed by atoms with Crippen LogP contribution < -0.4 is 4.74 Å². The van der Waals surface area contributed by atoms with E-state index in [4.69, 9.17) is 9.47 Å². The topological polar surface area (TPSA) is 38.8 Å². The molecule has 4 nitrogen and oxygen atoms in total. The molecule has 180 valence electrons. The molecule has 0 spiro atoms. The average Bonchev–Trinajstić information content (AvgIpc) is 2.86. The van der Waals surface area contributed by atoms with Crippen molar-refractivity contribution in [1.29, 1.82) is 0 Å². The fourth-order valence-corrected chi connectivity index (χ4v) is 4.49. The highest BCUT2D eigenvalue weighted by molar-refractivity contribution is 5.97. The van der Waals surface area contributed by atoms with Gasteiger partial charge in [0, 0.05) is 37.0 Å². The van der Waals surface area contributed by atoms with E-state index >= 15 is 0 Å². The monoisotopic (exact) mass is 479 g/mol. The van der Waals surface area contributed by atoms with E-state index in [0.29, 0.717) is 13.0 Å². The molecule has 1 fully saturated rings. The Kier molecular flexibility index (Phi) is 9.28. The van der Waals surface area contributed by atoms with Crippen LogP contribution in [-0.4, -0.2) is 50.1 Å². The van der Waals surface area contributed by atoms with Crippen molar-refractivity contribution < 1.29 is 14.3 Å². The van der Waals surface area contributed by atoms with E-state index in [-0.39, 0.29) is 18.2 Å². The summed E-state index contributed by atoms with van der Waals surface area (Å²) in [6, 6.07) is 26.2. The van der Waals surface area contributed by atoms with Crippen LogP contribution >= 0.6 is 12.4 Å². The van der Waals surface area contributed by atoms with Crippen LogP contribution in [0.1, 0.15) is 40.4 Å². The standard InChI is InChI=1S/C29H33NO3.ClH/c1-23-21-26(13-14-28(23)33-20-17-30-15-18-32-19-16-30)29(2,25-11-7-4-8-12-25)22-27(31)24-9-5-3-6-10-24;/h3-14,21H,15-20,22H2,1-2H3;1H. The number of nitrogens with zero attached hydrogens (tertiary/aromatic N) is 1. The third-order valence-corrected chi connectivity index (χ3v) is 6.60. The molecule has 34 heavy (non-hydrogen) atoms. The van der Waals surface area contributed by atoms with Gasteiger partial charge in [-0.2, -0.15) is 0 Å². The van der Waals surface area contributed by atoms with E-state index < -0.39 is 5.41 Å². The molecule has 1 heterocycles. The third-order valence-electron chi connectivity index (χ3n) is 6.60. The molecule has 0 aliphatic carbocycles. The van der Waals surface area contributed by atoms with Crippen molar-refractivity contribution in [2.75, 3.05) is 39.5 Å². The van der Waals surface area contributed by atoms with Crippen LogP contribution in [0.25, 0.3) is 0 Å². The summed E-state index contributed by atoms with van der Waals surface area (Å²) in [7, 11) is 0. The second kappa shape index (κ2) is 12.2. The highest BCUT2D eigenvalue weighted by Crippen LogP contribution is 2.38. The van der Waals surface area contributed by atoms with Crippen LogP contribution in [0.4, 0.5) is 0 Å². The van der Waals surface area contributed by atoms with Crippen LogP contribution in [0.3, 0.4) is 0 Å². The van der Waals surface area contributed by atoms with Crippen molar-refractivity contribution in [1.82, 2.24) is 4.90 Å². The predicted octanol–water partition coefficient (Wildman–Crippen LogP) is 5.71. The summed E-state index contributed by atoms with van der Waals surface area (Å²) < 4.78 is 11.5. The largest absolute Gasteiger partial charge is 0.492 e. The smallest absolute Gasteiger partial charge is 0.164 e. The molecule has 0 N–H and O–H groups in total. The maximum absolute atomic E-state index is 13.2. The molecule has 1 saturated heterocycles. The number of ether oxygens (including phenoxy) is 2. The van der Waals surface area contributed by atoms with E-state index in [1.165, 1.54) is 0 Å². The molecular weight excluding hydrogens is 446 g/mol. The number of halogens is 1. The highest BCUT2D eigenvalue weighted by atomic mass is 35.5. The molecule has 3 aromatic rings. The lowest BCUT2D eigenvalue weighted by Gasteiger charge is -2.31. The number of hydrogen-bond acceptors (Lipinski definition) is 4. The molecule has 1 atom stereocenters. The number of rotatable bonds is 9. The molecule has 0 amide bonds. The molecule has 0 bridgehead atoms. The van der Waals surface area contributed by atoms with Crippen LogP contribution in [0.2, 0.25) is 0 Å². The lowest BCUT2D eigenvalue weighted by Crippen LogP contribution is -2.38. The molecule has 4 rings (SSSR count). The zero-order valence-corrected chi connectivity index (χ0v) is 20.9. The van der Waals surface area contributed by atoms with Gasteiger partial charge in [0.05, 0.1) is 13.2 Å². The molecule has 3 aromatic carbocycles. The minimum absolute atomic E-state index is 0. The molecule has 1 unspecified atom stereocenters. The maximum atomic E-state index is 13.2. The number of benzene rings is 3. The van der Waals surface area contributed by atoms with Gasteiger partial charge in [-0.15, -0.1) is 12.4 Å². The van der Waals surface area contributed by atoms with Gasteiger partial charge in [0.2, 0.25) is 0 Å². The van der Waals surface area contributed by atoms with Gasteiger partial charge in [0.25, 0.3) is 0 Å². The number of Topliss-reactive ketones (excluding diaryl/α,β-unsaturated/α-hetero) is 1. The van der Waals surface area contributed by atoms with Gasteiger partial charge < -0.3 is 9.47 Å². The number of hydrogen-bond donors (Lipinski definition) is 0. The Labute approximate surface area is 209 Å². The molecule has 1 aliphatic rings. The summed E-state index contributed by atoms with van der Waals surface area (Å²) in [5, 5.41) is 0. The number of carbonyl (C=O) groups excluding carboxylic acids is 1. The number of morpholine rings is 1. The first-order valence-corrected chi connectivity index (χ1v) is 11.7. The van der Waals surface area contributed by atoms with Crippen molar-refractivity contribution in [3.63, 3.8) is 0 Å². The van der Waals surface area contributed by atoms with Crippen molar-refractivity contribution in [2.45, 2.75) is 25.7 Å². The Bertz CT molecular complexity index is 1050. The number of ketones is 1. The fourth-order valence-electron chi connectivity index (χ4n) is 4.49. The quantitative estimate of drug-likeness (QED) is 0.369. The fraction of sp³-hybridized carbons (Fsp3) is 0.345. The van der Waals surface area contributed by atoms with Crippen molar-refractivity contribution in [3.05, 3.63) is 101 Å². The van der Waals surface area contributed by atoms with Gasteiger partial charge >= 0.3 is 0 Å². The SMILES string of the molecule is Cc1cc(C(C)(CC(=O)c2ccccc2)c2ccccc2)ccc1OCCN1CCOCC1.Cl. The second-order valence-electron chi connectivity index (χ2n) is 8.95. The van der Waals surface area contributed by atoms with Gasteiger partial charge in [0.1, 0.15) is 12.4 Å². The first kappa shape index (κ1) is 26.0. The molecule has 0 saturated carbocycles. The minimum Gasteiger partial charge on any atom is -0.492 e. The van der Waals surface area contributed by atoms with Crippen LogP contribution in [0.15, 0.2) is 78.9 Å². The lowest BCUT2D eigenvalue weighted by molar-refractivity contribution is 0.0322. The van der Waals surface area contributed by atoms with Crippen molar-refractivity contribution >= 4 is 18.2 Å². The van der Waals surface area contributed by atoms with E-state index in [9.17, 15) is 4.79 Å². The van der Waals surface area contributed by atoms with Crippen molar-refractivity contribution in [3.8, 4) is 5.75 Å². The lowest BCUT2D eigenvalue weighted by atomic mass is 9.72. The Morgan fingerprint density at radius 3 is 2.24 bits per heavy atom. The summed E-state index contributed by atoms with van der Waals surface area (Å²) in [4.78, 5) is 15.6. The molecule has 0 radical (unpaired) electrons. The zero-order valence-electron chi connectivity index (χ0n) is 20.0. The van der Waals surface area contributed by atoms with Gasteiger partial charge in [-0.25, -0.2) is 0 Å². The molecule has 1 aliphatic heterocycles. The Morgan fingerprint density at radius 1 is 0.941 bits per heavy atom. The minimum atomic E-state index is -0.439. The van der Waals surface area contributed by atoms with Gasteiger partial charge in [0.15, 0.2) is 5.78 Å². The molecule has 0 aromatic heterocycles. The Morgan fingerprint density at radius 2 is 1.59 bits per heavy atom. The van der Waals surface area contributed by atoms with Crippen molar-refractivity contribution in [2.24, 2.45) is 0 Å². The predicted molar refractivity (Wildman–Crippen MR) is 139 cm³/mol. The summed E-state index contributed by atoms with van der Waals surface area (Å²) in [5.74, 6) is 1.04. The summed E-state index contributed by atoms with van der Waals surface area (Å²) in [6.45, 7) is 9.33. The highest BCUT2D eigenvalue weighted by Gasteiger charge is 2.32. The second-order valence-corrected chi connectivity index (χ2v) is 8.95. The van der Waals surface area contributed by atoms with E-state index in [2.05, 4.69) is 49.1 Å². The van der Waals surface area contributed by atoms with Crippen LogP contribution in [0, 0.1) is 6.92 Å². The number of aryl methyl sites for hydroxylation is 1. The zero-order chi connectivity index (χ0) is 23.1. The Hall–Kier alpha value is -2.66. The molecule has 5 heteroatoms. The van der Waals surface area contributed by atoms with Gasteiger partial charge in [-0.3, -0.25) is 9.69 Å². The molecular formula is C29H34ClNO3. The summed E-state index contributed by atoms with van der Waals surface area (Å²) >= 11 is 0. The maximum Gasteiger partial charge on any atom is 0.164 e. The van der Waals surface area contributed by atoms with E-state index in [0.717, 1.165) is 60.9 Å². The van der Waals surface area contributed by atoms with Crippen LogP contribution in [-0.2, 0) is 10.2 Å². The Balaban J connectivity index is 0.00000324. The first-order chi connectivity index (χ1) is 16.1. The summed E-state index contributed by atoms with van der Waals surface area (Å²) in [6.07, 6.45) is 0.400. The normalized spacial score (nSPS) is 15.7. The van der Waals surface area contributed by atoms with E-state index in [1.807, 2.05) is 48.5 Å². The number of carbonyl (C=O) groups is 1. The average molecular weight is 480 g/mol. The van der Waals surface area contributed by atoms with E-state index in [1.54, 1.807) is 0 Å². The third kappa shape index (κ3) is 6.26. The first-order valence-electron chi connectivity index (χ1n) is 11.7. The van der Waals surface area contributed by atoms with Crippen LogP contribution in [0.5, 0.6) is 5.75 Å².